The maximum absolute atomic E-state index is 12.0. The maximum Gasteiger partial charge on any atom is 0.278 e. The minimum absolute atomic E-state index is 0.0691. The van der Waals surface area contributed by atoms with Crippen molar-refractivity contribution in [2.24, 2.45) is 0 Å². The van der Waals surface area contributed by atoms with Crippen molar-refractivity contribution in [1.82, 2.24) is 10.2 Å². The highest BCUT2D eigenvalue weighted by molar-refractivity contribution is 7.92. The number of anilines is 1. The van der Waals surface area contributed by atoms with Gasteiger partial charge in [-0.3, -0.25) is 9.82 Å². The Morgan fingerprint density at radius 2 is 2.20 bits per heavy atom. The van der Waals surface area contributed by atoms with Crippen molar-refractivity contribution in [3.8, 4) is 11.8 Å². The minimum atomic E-state index is -3.78. The summed E-state index contributed by atoms with van der Waals surface area (Å²) in [4.78, 5) is 0. The summed E-state index contributed by atoms with van der Waals surface area (Å²) in [6.07, 6.45) is 1.33. The second kappa shape index (κ2) is 5.96. The number of H-pyrrole nitrogens is 1. The van der Waals surface area contributed by atoms with Crippen LogP contribution in [0.4, 0.5) is 5.69 Å². The summed E-state index contributed by atoms with van der Waals surface area (Å²) in [5.74, 6) is 5.14. The normalized spacial score (nSPS) is 10.7. The van der Waals surface area contributed by atoms with Gasteiger partial charge in [-0.25, -0.2) is 0 Å². The molecule has 0 spiro atoms. The summed E-state index contributed by atoms with van der Waals surface area (Å²) in [5, 5.41) is 14.8. The standard InChI is InChI=1S/C12H10ClN3O3S/c13-10-4-3-9(2-1-7-17)8-11(10)16-20(18,19)12-5-6-14-15-12/h3-6,8,16-17H,7H2,(H,14,15). The third-order valence-electron chi connectivity index (χ3n) is 2.29. The first kappa shape index (κ1) is 14.4. The van der Waals surface area contributed by atoms with Gasteiger partial charge in [-0.15, -0.1) is 0 Å². The van der Waals surface area contributed by atoms with Gasteiger partial charge in [0.2, 0.25) is 0 Å². The predicted octanol–water partition coefficient (Wildman–Crippen LogP) is 1.21. The largest absolute Gasteiger partial charge is 0.384 e. The molecule has 1 aromatic carbocycles. The van der Waals surface area contributed by atoms with Gasteiger partial charge in [0.25, 0.3) is 10.0 Å². The van der Waals surface area contributed by atoms with Crippen molar-refractivity contribution in [2.75, 3.05) is 11.3 Å². The van der Waals surface area contributed by atoms with Crippen LogP contribution in [0.25, 0.3) is 0 Å². The van der Waals surface area contributed by atoms with Crippen LogP contribution in [0, 0.1) is 11.8 Å². The molecule has 2 rings (SSSR count). The Hall–Kier alpha value is -2.01. The van der Waals surface area contributed by atoms with Crippen molar-refractivity contribution in [1.29, 1.82) is 0 Å². The van der Waals surface area contributed by atoms with Crippen LogP contribution in [-0.4, -0.2) is 30.3 Å². The summed E-state index contributed by atoms with van der Waals surface area (Å²) in [6, 6.07) is 5.96. The van der Waals surface area contributed by atoms with E-state index in [1.54, 1.807) is 6.07 Å². The van der Waals surface area contributed by atoms with E-state index in [0.717, 1.165) is 0 Å². The molecule has 0 aliphatic heterocycles. The van der Waals surface area contributed by atoms with Gasteiger partial charge in [0.1, 0.15) is 6.61 Å². The number of benzene rings is 1. The Labute approximate surface area is 120 Å². The third kappa shape index (κ3) is 3.30. The lowest BCUT2D eigenvalue weighted by Gasteiger charge is -2.08. The molecule has 3 N–H and O–H groups in total. The molecule has 0 atom stereocenters. The molecule has 20 heavy (non-hydrogen) atoms. The van der Waals surface area contributed by atoms with E-state index in [1.807, 2.05) is 0 Å². The van der Waals surface area contributed by atoms with E-state index in [9.17, 15) is 8.42 Å². The summed E-state index contributed by atoms with van der Waals surface area (Å²) in [5.41, 5.74) is 0.733. The van der Waals surface area contributed by atoms with Crippen molar-refractivity contribution >= 4 is 27.3 Å². The van der Waals surface area contributed by atoms with E-state index in [4.69, 9.17) is 16.7 Å². The third-order valence-corrected chi connectivity index (χ3v) is 3.91. The Balaban J connectivity index is 2.34. The van der Waals surface area contributed by atoms with Gasteiger partial charge in [0, 0.05) is 5.56 Å². The topological polar surface area (TPSA) is 95.1 Å². The van der Waals surface area contributed by atoms with Gasteiger partial charge in [-0.1, -0.05) is 23.4 Å². The maximum atomic E-state index is 12.0. The Kier molecular flexibility index (Phi) is 4.29. The molecule has 0 radical (unpaired) electrons. The predicted molar refractivity (Wildman–Crippen MR) is 74.8 cm³/mol. The highest BCUT2D eigenvalue weighted by Gasteiger charge is 2.17. The number of nitrogens with one attached hydrogen (secondary N) is 2. The van der Waals surface area contributed by atoms with E-state index in [2.05, 4.69) is 26.8 Å². The number of halogens is 1. The van der Waals surface area contributed by atoms with Gasteiger partial charge in [0.05, 0.1) is 16.9 Å². The molecule has 0 saturated heterocycles. The van der Waals surface area contributed by atoms with E-state index in [0.29, 0.717) is 5.56 Å². The van der Waals surface area contributed by atoms with E-state index in [1.165, 1.54) is 24.4 Å². The Bertz CT molecular complexity index is 761. The van der Waals surface area contributed by atoms with Crippen LogP contribution in [0.2, 0.25) is 5.02 Å². The zero-order valence-electron chi connectivity index (χ0n) is 10.1. The fourth-order valence-electron chi connectivity index (χ4n) is 1.42. The van der Waals surface area contributed by atoms with Gasteiger partial charge >= 0.3 is 0 Å². The van der Waals surface area contributed by atoms with Gasteiger partial charge in [0.15, 0.2) is 5.03 Å². The molecule has 6 nitrogen and oxygen atoms in total. The van der Waals surface area contributed by atoms with Crippen molar-refractivity contribution in [3.63, 3.8) is 0 Å². The van der Waals surface area contributed by atoms with Gasteiger partial charge in [-0.2, -0.15) is 13.5 Å². The first-order valence-electron chi connectivity index (χ1n) is 5.44. The lowest BCUT2D eigenvalue weighted by Crippen LogP contribution is -2.13. The molecule has 0 amide bonds. The van der Waals surface area contributed by atoms with Gasteiger partial charge in [-0.05, 0) is 24.3 Å². The lowest BCUT2D eigenvalue weighted by molar-refractivity contribution is 0.350. The first-order chi connectivity index (χ1) is 9.53. The van der Waals surface area contributed by atoms with E-state index < -0.39 is 10.0 Å². The molecular formula is C12H10ClN3O3S. The van der Waals surface area contributed by atoms with Crippen LogP contribution in [0.5, 0.6) is 0 Å². The number of rotatable bonds is 3. The summed E-state index contributed by atoms with van der Waals surface area (Å²) in [7, 11) is -3.78. The Morgan fingerprint density at radius 3 is 2.85 bits per heavy atom. The highest BCUT2D eigenvalue weighted by atomic mass is 35.5. The fraction of sp³-hybridized carbons (Fsp3) is 0.0833. The number of hydrogen-bond donors (Lipinski definition) is 3. The zero-order valence-corrected chi connectivity index (χ0v) is 11.7. The fourth-order valence-corrected chi connectivity index (χ4v) is 2.62. The summed E-state index contributed by atoms with van der Waals surface area (Å²) in [6.45, 7) is -0.280. The highest BCUT2D eigenvalue weighted by Crippen LogP contribution is 2.25. The molecule has 0 aliphatic rings. The van der Waals surface area contributed by atoms with Crippen molar-refractivity contribution in [2.45, 2.75) is 5.03 Å². The second-order valence-electron chi connectivity index (χ2n) is 3.68. The molecule has 2 aromatic rings. The number of aromatic amines is 1. The number of aliphatic hydroxyl groups is 1. The van der Waals surface area contributed by atoms with Crippen LogP contribution >= 0.6 is 11.6 Å². The second-order valence-corrected chi connectivity index (χ2v) is 5.74. The monoisotopic (exact) mass is 311 g/mol. The quantitative estimate of drug-likeness (QED) is 0.742. The van der Waals surface area contributed by atoms with Crippen LogP contribution in [0.15, 0.2) is 35.5 Å². The number of hydrogen-bond acceptors (Lipinski definition) is 4. The van der Waals surface area contributed by atoms with Crippen LogP contribution in [-0.2, 0) is 10.0 Å². The van der Waals surface area contributed by atoms with Crippen LogP contribution < -0.4 is 4.72 Å². The number of sulfonamides is 1. The molecule has 0 aliphatic carbocycles. The molecule has 0 fully saturated rings. The number of aromatic nitrogens is 2. The number of nitrogens with zero attached hydrogens (tertiary/aromatic N) is 1. The number of aliphatic hydroxyl groups excluding tert-OH is 1. The molecule has 8 heteroatoms. The average molecular weight is 312 g/mol. The minimum Gasteiger partial charge on any atom is -0.384 e. The van der Waals surface area contributed by atoms with Crippen LogP contribution in [0.3, 0.4) is 0 Å². The molecule has 0 bridgehead atoms. The lowest BCUT2D eigenvalue weighted by atomic mass is 10.2. The van der Waals surface area contributed by atoms with Crippen molar-refractivity contribution in [3.05, 3.63) is 41.0 Å². The molecule has 1 heterocycles. The van der Waals surface area contributed by atoms with Crippen molar-refractivity contribution < 1.29 is 13.5 Å². The molecule has 0 unspecified atom stereocenters. The van der Waals surface area contributed by atoms with Gasteiger partial charge < -0.3 is 5.11 Å². The van der Waals surface area contributed by atoms with E-state index in [-0.39, 0.29) is 22.3 Å². The Morgan fingerprint density at radius 1 is 1.40 bits per heavy atom. The molecular weight excluding hydrogens is 302 g/mol. The smallest absolute Gasteiger partial charge is 0.278 e. The van der Waals surface area contributed by atoms with Crippen LogP contribution in [0.1, 0.15) is 5.56 Å². The summed E-state index contributed by atoms with van der Waals surface area (Å²) >= 11 is 5.95. The SMILES string of the molecule is O=S(=O)(Nc1cc(C#CCO)ccc1Cl)c1ccn[nH]1. The first-order valence-corrected chi connectivity index (χ1v) is 7.30. The van der Waals surface area contributed by atoms with E-state index >= 15 is 0 Å². The average Bonchev–Trinajstić information content (AvgIpc) is 2.94. The molecule has 0 saturated carbocycles. The molecule has 104 valence electrons. The summed E-state index contributed by atoms with van der Waals surface area (Å²) < 4.78 is 26.4. The zero-order chi connectivity index (χ0) is 14.6. The molecule has 1 aromatic heterocycles.